The van der Waals surface area contributed by atoms with Crippen molar-refractivity contribution in [2.45, 2.75) is 58.0 Å². The van der Waals surface area contributed by atoms with Gasteiger partial charge in [0.1, 0.15) is 0 Å². The molecule has 1 aliphatic heterocycles. The van der Waals surface area contributed by atoms with Crippen LogP contribution in [0.1, 0.15) is 66.7 Å². The average Bonchev–Trinajstić information content (AvgIpc) is 2.78. The number of urea groups is 1. The van der Waals surface area contributed by atoms with E-state index in [9.17, 15) is 14.4 Å². The van der Waals surface area contributed by atoms with E-state index >= 15 is 0 Å². The van der Waals surface area contributed by atoms with Gasteiger partial charge in [-0.3, -0.25) is 14.5 Å². The fourth-order valence-corrected chi connectivity index (χ4v) is 3.44. The number of anilines is 1. The van der Waals surface area contributed by atoms with Crippen LogP contribution in [0, 0.1) is 0 Å². The normalized spacial score (nSPS) is 18.0. The van der Waals surface area contributed by atoms with E-state index in [4.69, 9.17) is 0 Å². The van der Waals surface area contributed by atoms with Crippen molar-refractivity contribution in [2.24, 2.45) is 0 Å². The van der Waals surface area contributed by atoms with Crippen molar-refractivity contribution in [3.63, 3.8) is 0 Å². The van der Waals surface area contributed by atoms with Gasteiger partial charge in [-0.05, 0) is 44.9 Å². The summed E-state index contributed by atoms with van der Waals surface area (Å²) >= 11 is 0. The number of benzene rings is 1. The first-order valence-corrected chi connectivity index (χ1v) is 8.57. The Morgan fingerprint density at radius 3 is 2.42 bits per heavy atom. The Morgan fingerprint density at radius 1 is 1.08 bits per heavy atom. The molecule has 0 bridgehead atoms. The third-order valence-corrected chi connectivity index (χ3v) is 4.54. The summed E-state index contributed by atoms with van der Waals surface area (Å²) in [6, 6.07) is 4.58. The quantitative estimate of drug-likeness (QED) is 0.836. The molecule has 6 heteroatoms. The maximum absolute atomic E-state index is 12.7. The summed E-state index contributed by atoms with van der Waals surface area (Å²) in [5, 5.41) is 5.43. The van der Waals surface area contributed by atoms with Gasteiger partial charge < -0.3 is 10.6 Å². The van der Waals surface area contributed by atoms with Crippen LogP contribution in [-0.4, -0.2) is 34.8 Å². The fraction of sp³-hybridized carbons (Fsp3) is 0.500. The topological polar surface area (TPSA) is 78.5 Å². The molecule has 4 amide bonds. The molecule has 0 spiro atoms. The highest BCUT2D eigenvalue weighted by atomic mass is 16.2. The van der Waals surface area contributed by atoms with E-state index in [1.165, 1.54) is 11.3 Å². The van der Waals surface area contributed by atoms with Gasteiger partial charge in [0, 0.05) is 17.8 Å². The first kappa shape index (κ1) is 16.5. The molecule has 0 atom stereocenters. The van der Waals surface area contributed by atoms with Crippen LogP contribution in [0.25, 0.3) is 0 Å². The zero-order chi connectivity index (χ0) is 17.3. The molecule has 1 aromatic carbocycles. The number of imide groups is 1. The third kappa shape index (κ3) is 3.13. The predicted molar refractivity (Wildman–Crippen MR) is 91.1 cm³/mol. The van der Waals surface area contributed by atoms with Crippen molar-refractivity contribution < 1.29 is 14.4 Å². The highest BCUT2D eigenvalue weighted by molar-refractivity contribution is 6.22. The van der Waals surface area contributed by atoms with Crippen LogP contribution in [0.15, 0.2) is 18.2 Å². The second kappa shape index (κ2) is 6.63. The number of rotatable bonds is 3. The maximum Gasteiger partial charge on any atom is 0.319 e. The van der Waals surface area contributed by atoms with Crippen molar-refractivity contribution in [2.75, 3.05) is 5.32 Å². The zero-order valence-corrected chi connectivity index (χ0v) is 14.1. The molecule has 2 aliphatic rings. The summed E-state index contributed by atoms with van der Waals surface area (Å²) in [5.41, 5.74) is 1.33. The molecule has 0 unspecified atom stereocenters. The molecule has 24 heavy (non-hydrogen) atoms. The van der Waals surface area contributed by atoms with Crippen LogP contribution in [0.3, 0.4) is 0 Å². The van der Waals surface area contributed by atoms with E-state index in [0.29, 0.717) is 16.8 Å². The summed E-state index contributed by atoms with van der Waals surface area (Å²) in [6.07, 6.45) is 5.04. The van der Waals surface area contributed by atoms with Crippen LogP contribution in [0.4, 0.5) is 10.5 Å². The van der Waals surface area contributed by atoms with Crippen molar-refractivity contribution in [1.29, 1.82) is 0 Å². The van der Waals surface area contributed by atoms with Gasteiger partial charge in [0.2, 0.25) is 0 Å². The summed E-state index contributed by atoms with van der Waals surface area (Å²) in [6.45, 7) is 3.74. The molecule has 128 valence electrons. The van der Waals surface area contributed by atoms with E-state index in [1.807, 2.05) is 13.8 Å². The molecule has 1 heterocycles. The van der Waals surface area contributed by atoms with Crippen LogP contribution >= 0.6 is 0 Å². The van der Waals surface area contributed by atoms with Crippen LogP contribution in [0.2, 0.25) is 0 Å². The van der Waals surface area contributed by atoms with Gasteiger partial charge >= 0.3 is 6.03 Å². The van der Waals surface area contributed by atoms with Gasteiger partial charge in [0.25, 0.3) is 11.8 Å². The lowest BCUT2D eigenvalue weighted by Crippen LogP contribution is -2.40. The number of nitrogens with zero attached hydrogens (tertiary/aromatic N) is 1. The lowest BCUT2D eigenvalue weighted by molar-refractivity contribution is 0.0549. The van der Waals surface area contributed by atoms with E-state index in [-0.39, 0.29) is 29.9 Å². The molecular weight excluding hydrogens is 306 g/mol. The largest absolute Gasteiger partial charge is 0.336 e. The van der Waals surface area contributed by atoms with E-state index in [0.717, 1.165) is 25.7 Å². The van der Waals surface area contributed by atoms with Gasteiger partial charge in [0.15, 0.2) is 0 Å². The molecule has 1 saturated carbocycles. The monoisotopic (exact) mass is 329 g/mol. The molecule has 1 aliphatic carbocycles. The highest BCUT2D eigenvalue weighted by Crippen LogP contribution is 2.32. The molecule has 0 aromatic heterocycles. The van der Waals surface area contributed by atoms with Gasteiger partial charge in [-0.2, -0.15) is 0 Å². The number of carbonyl (C=O) groups excluding carboxylic acids is 3. The lowest BCUT2D eigenvalue weighted by Gasteiger charge is -2.29. The number of hydrogen-bond donors (Lipinski definition) is 2. The van der Waals surface area contributed by atoms with Crippen LogP contribution in [0.5, 0.6) is 0 Å². The van der Waals surface area contributed by atoms with Gasteiger partial charge in [0.05, 0.1) is 11.1 Å². The molecule has 2 N–H and O–H groups in total. The van der Waals surface area contributed by atoms with Gasteiger partial charge in [-0.1, -0.05) is 19.3 Å². The SMILES string of the molecule is CC(C)NC(=O)Nc1ccc2c(c1)C(=O)N(C1CCCCC1)C2=O. The Balaban J connectivity index is 1.79. The summed E-state index contributed by atoms with van der Waals surface area (Å²) < 4.78 is 0. The second-order valence-electron chi connectivity index (χ2n) is 6.79. The Morgan fingerprint density at radius 2 is 1.75 bits per heavy atom. The molecule has 3 rings (SSSR count). The number of fused-ring (bicyclic) bond motifs is 1. The first-order valence-electron chi connectivity index (χ1n) is 8.57. The minimum atomic E-state index is -0.328. The molecule has 1 fully saturated rings. The minimum absolute atomic E-state index is 0.00630. The Bertz CT molecular complexity index is 678. The van der Waals surface area contributed by atoms with Crippen LogP contribution in [-0.2, 0) is 0 Å². The molecule has 0 radical (unpaired) electrons. The van der Waals surface area contributed by atoms with E-state index in [1.54, 1.807) is 18.2 Å². The summed E-state index contributed by atoms with van der Waals surface area (Å²) in [5.74, 6) is -0.449. The Labute approximate surface area is 141 Å². The average molecular weight is 329 g/mol. The lowest BCUT2D eigenvalue weighted by atomic mass is 9.94. The minimum Gasteiger partial charge on any atom is -0.336 e. The Kier molecular flexibility index (Phi) is 4.55. The predicted octanol–water partition coefficient (Wildman–Crippen LogP) is 3.15. The van der Waals surface area contributed by atoms with Crippen molar-refractivity contribution in [3.8, 4) is 0 Å². The van der Waals surface area contributed by atoms with Gasteiger partial charge in [-0.15, -0.1) is 0 Å². The number of carbonyl (C=O) groups is 3. The standard InChI is InChI=1S/C18H23N3O3/c1-11(2)19-18(24)20-12-8-9-14-15(10-12)17(23)21(16(14)22)13-6-4-3-5-7-13/h8-11,13H,3-7H2,1-2H3,(H2,19,20,24). The van der Waals surface area contributed by atoms with Gasteiger partial charge in [-0.25, -0.2) is 4.79 Å². The number of hydrogen-bond acceptors (Lipinski definition) is 3. The summed E-state index contributed by atoms with van der Waals surface area (Å²) in [7, 11) is 0. The van der Waals surface area contributed by atoms with Crippen LogP contribution < -0.4 is 10.6 Å². The maximum atomic E-state index is 12.7. The van der Waals surface area contributed by atoms with E-state index in [2.05, 4.69) is 10.6 Å². The number of amides is 4. The highest BCUT2D eigenvalue weighted by Gasteiger charge is 2.40. The van der Waals surface area contributed by atoms with Crippen molar-refractivity contribution in [3.05, 3.63) is 29.3 Å². The molecule has 0 saturated heterocycles. The third-order valence-electron chi connectivity index (χ3n) is 4.54. The fourth-order valence-electron chi connectivity index (χ4n) is 3.44. The van der Waals surface area contributed by atoms with E-state index < -0.39 is 0 Å². The Hall–Kier alpha value is -2.37. The summed E-state index contributed by atoms with van der Waals surface area (Å²) in [4.78, 5) is 38.5. The number of nitrogens with one attached hydrogen (secondary N) is 2. The second-order valence-corrected chi connectivity index (χ2v) is 6.79. The molecule has 1 aromatic rings. The zero-order valence-electron chi connectivity index (χ0n) is 14.1. The molecular formula is C18H23N3O3. The molecule has 6 nitrogen and oxygen atoms in total. The smallest absolute Gasteiger partial charge is 0.319 e. The van der Waals surface area contributed by atoms with Crippen molar-refractivity contribution in [1.82, 2.24) is 10.2 Å². The first-order chi connectivity index (χ1) is 11.5. The van der Waals surface area contributed by atoms with Crippen molar-refractivity contribution >= 4 is 23.5 Å².